The standard InChI is InChI=1S/C13H12Cl2N4O2/c1-8-11(12(15)19(2)18-8)7-16-21-13(20)17-10-5-3-9(14)4-6-10/h3-7H,1-2H3,(H,17,20)/b16-7+. The van der Waals surface area contributed by atoms with Crippen LogP contribution in [0, 0.1) is 6.92 Å². The molecule has 0 aliphatic carbocycles. The molecular weight excluding hydrogens is 315 g/mol. The maximum Gasteiger partial charge on any atom is 0.437 e. The number of benzene rings is 1. The molecule has 0 fully saturated rings. The molecule has 1 N–H and O–H groups in total. The molecule has 0 radical (unpaired) electrons. The van der Waals surface area contributed by atoms with Crippen LogP contribution in [0.15, 0.2) is 29.4 Å². The number of hydrogen-bond acceptors (Lipinski definition) is 4. The van der Waals surface area contributed by atoms with Crippen LogP contribution in [0.25, 0.3) is 0 Å². The second kappa shape index (κ2) is 6.60. The van der Waals surface area contributed by atoms with Gasteiger partial charge in [0.15, 0.2) is 0 Å². The van der Waals surface area contributed by atoms with E-state index in [4.69, 9.17) is 28.0 Å². The molecule has 0 aliphatic heterocycles. The van der Waals surface area contributed by atoms with Gasteiger partial charge in [-0.2, -0.15) is 5.10 Å². The summed E-state index contributed by atoms with van der Waals surface area (Å²) < 4.78 is 1.51. The molecule has 1 aromatic carbocycles. The van der Waals surface area contributed by atoms with E-state index in [9.17, 15) is 4.79 Å². The van der Waals surface area contributed by atoms with Gasteiger partial charge in [0.1, 0.15) is 5.15 Å². The first kappa shape index (κ1) is 15.3. The maximum absolute atomic E-state index is 11.5. The molecule has 0 aliphatic rings. The lowest BCUT2D eigenvalue weighted by Gasteiger charge is -2.02. The minimum atomic E-state index is -0.716. The lowest BCUT2D eigenvalue weighted by Crippen LogP contribution is -2.10. The number of aryl methyl sites for hydroxylation is 2. The van der Waals surface area contributed by atoms with Crippen LogP contribution in [-0.2, 0) is 11.9 Å². The zero-order valence-corrected chi connectivity index (χ0v) is 12.8. The van der Waals surface area contributed by atoms with Gasteiger partial charge >= 0.3 is 6.09 Å². The van der Waals surface area contributed by atoms with Crippen LogP contribution in [0.4, 0.5) is 10.5 Å². The average Bonchev–Trinajstić information content (AvgIpc) is 2.68. The molecule has 0 saturated heterocycles. The summed E-state index contributed by atoms with van der Waals surface area (Å²) in [6.45, 7) is 1.78. The van der Waals surface area contributed by atoms with Gasteiger partial charge in [0, 0.05) is 17.8 Å². The van der Waals surface area contributed by atoms with E-state index in [0.717, 1.165) is 0 Å². The van der Waals surface area contributed by atoms with Crippen LogP contribution >= 0.6 is 23.2 Å². The monoisotopic (exact) mass is 326 g/mol. The first-order chi connectivity index (χ1) is 9.97. The fraction of sp³-hybridized carbons (Fsp3) is 0.154. The third kappa shape index (κ3) is 3.96. The summed E-state index contributed by atoms with van der Waals surface area (Å²) in [6, 6.07) is 6.60. The van der Waals surface area contributed by atoms with Gasteiger partial charge in [0.2, 0.25) is 0 Å². The number of nitrogens with one attached hydrogen (secondary N) is 1. The van der Waals surface area contributed by atoms with E-state index in [-0.39, 0.29) is 0 Å². The van der Waals surface area contributed by atoms with E-state index >= 15 is 0 Å². The number of aromatic nitrogens is 2. The Kier molecular flexibility index (Phi) is 4.82. The predicted molar refractivity (Wildman–Crippen MR) is 82.1 cm³/mol. The fourth-order valence-corrected chi connectivity index (χ4v) is 1.94. The van der Waals surface area contributed by atoms with Crippen molar-refractivity contribution in [3.05, 3.63) is 45.7 Å². The molecule has 0 saturated carbocycles. The van der Waals surface area contributed by atoms with Crippen molar-refractivity contribution in [2.24, 2.45) is 12.2 Å². The van der Waals surface area contributed by atoms with E-state index in [1.165, 1.54) is 10.9 Å². The molecule has 2 rings (SSSR count). The Balaban J connectivity index is 1.94. The highest BCUT2D eigenvalue weighted by Crippen LogP contribution is 2.16. The molecule has 0 spiro atoms. The van der Waals surface area contributed by atoms with Crippen molar-refractivity contribution < 1.29 is 9.63 Å². The van der Waals surface area contributed by atoms with Crippen molar-refractivity contribution >= 4 is 41.2 Å². The number of carbonyl (C=O) groups is 1. The first-order valence-corrected chi connectivity index (χ1v) is 6.69. The van der Waals surface area contributed by atoms with Crippen LogP contribution in [-0.4, -0.2) is 22.1 Å². The summed E-state index contributed by atoms with van der Waals surface area (Å²) in [5.41, 5.74) is 1.83. The Morgan fingerprint density at radius 1 is 1.38 bits per heavy atom. The van der Waals surface area contributed by atoms with E-state index in [1.807, 2.05) is 0 Å². The molecule has 0 bridgehead atoms. The number of amides is 1. The Morgan fingerprint density at radius 2 is 2.05 bits per heavy atom. The summed E-state index contributed by atoms with van der Waals surface area (Å²) in [6.07, 6.45) is 0.623. The molecule has 1 heterocycles. The maximum atomic E-state index is 11.5. The molecule has 2 aromatic rings. The largest absolute Gasteiger partial charge is 0.437 e. The van der Waals surface area contributed by atoms with Crippen LogP contribution in [0.2, 0.25) is 10.2 Å². The smallest absolute Gasteiger partial charge is 0.298 e. The lowest BCUT2D eigenvalue weighted by molar-refractivity contribution is 0.167. The third-order valence-corrected chi connectivity index (χ3v) is 3.30. The molecule has 1 aromatic heterocycles. The van der Waals surface area contributed by atoms with Gasteiger partial charge in [-0.05, 0) is 31.2 Å². The number of rotatable bonds is 3. The van der Waals surface area contributed by atoms with Crippen LogP contribution in [0.3, 0.4) is 0 Å². The highest BCUT2D eigenvalue weighted by Gasteiger charge is 2.09. The second-order valence-electron chi connectivity index (χ2n) is 4.16. The van der Waals surface area contributed by atoms with Gasteiger partial charge in [0.25, 0.3) is 0 Å². The molecule has 6 nitrogen and oxygen atoms in total. The van der Waals surface area contributed by atoms with Crippen LogP contribution in [0.5, 0.6) is 0 Å². The summed E-state index contributed by atoms with van der Waals surface area (Å²) in [5, 5.41) is 11.2. The van der Waals surface area contributed by atoms with Crippen LogP contribution in [0.1, 0.15) is 11.3 Å². The number of carbonyl (C=O) groups excluding carboxylic acids is 1. The van der Waals surface area contributed by atoms with E-state index in [0.29, 0.717) is 27.1 Å². The van der Waals surface area contributed by atoms with Gasteiger partial charge in [0.05, 0.1) is 17.5 Å². The zero-order chi connectivity index (χ0) is 15.4. The second-order valence-corrected chi connectivity index (χ2v) is 4.95. The summed E-state index contributed by atoms with van der Waals surface area (Å²) >= 11 is 11.8. The predicted octanol–water partition coefficient (Wildman–Crippen LogP) is 3.62. The molecule has 8 heteroatoms. The summed E-state index contributed by atoms with van der Waals surface area (Å²) in [4.78, 5) is 16.2. The fourth-order valence-electron chi connectivity index (χ4n) is 1.59. The number of hydrogen-bond donors (Lipinski definition) is 1. The van der Waals surface area contributed by atoms with Gasteiger partial charge in [-0.15, -0.1) is 0 Å². The van der Waals surface area contributed by atoms with Crippen molar-refractivity contribution in [2.45, 2.75) is 6.92 Å². The minimum Gasteiger partial charge on any atom is -0.298 e. The van der Waals surface area contributed by atoms with E-state index < -0.39 is 6.09 Å². The number of halogens is 2. The first-order valence-electron chi connectivity index (χ1n) is 5.93. The molecule has 21 heavy (non-hydrogen) atoms. The lowest BCUT2D eigenvalue weighted by atomic mass is 10.3. The highest BCUT2D eigenvalue weighted by atomic mass is 35.5. The Labute approximate surface area is 131 Å². The summed E-state index contributed by atoms with van der Waals surface area (Å²) in [5.74, 6) is 0. The SMILES string of the molecule is Cc1nn(C)c(Cl)c1/C=N/OC(=O)Nc1ccc(Cl)cc1. The van der Waals surface area contributed by atoms with Gasteiger partial charge in [-0.25, -0.2) is 4.79 Å². The number of anilines is 1. The van der Waals surface area contributed by atoms with Crippen LogP contribution < -0.4 is 5.32 Å². The molecule has 0 unspecified atom stereocenters. The molecule has 1 amide bonds. The topological polar surface area (TPSA) is 68.5 Å². The Hall–Kier alpha value is -2.05. The third-order valence-electron chi connectivity index (χ3n) is 2.60. The van der Waals surface area contributed by atoms with Crippen molar-refractivity contribution in [3.63, 3.8) is 0 Å². The van der Waals surface area contributed by atoms with Crippen molar-refractivity contribution in [3.8, 4) is 0 Å². The zero-order valence-electron chi connectivity index (χ0n) is 11.3. The van der Waals surface area contributed by atoms with Gasteiger partial charge in [-0.3, -0.25) is 14.8 Å². The van der Waals surface area contributed by atoms with Crippen molar-refractivity contribution in [1.29, 1.82) is 0 Å². The minimum absolute atomic E-state index is 0.415. The summed E-state index contributed by atoms with van der Waals surface area (Å²) in [7, 11) is 1.71. The van der Waals surface area contributed by atoms with Crippen molar-refractivity contribution in [2.75, 3.05) is 5.32 Å². The van der Waals surface area contributed by atoms with E-state index in [2.05, 4.69) is 15.6 Å². The molecule has 0 atom stereocenters. The Morgan fingerprint density at radius 3 is 2.62 bits per heavy atom. The molecule has 110 valence electrons. The number of oxime groups is 1. The van der Waals surface area contributed by atoms with E-state index in [1.54, 1.807) is 38.2 Å². The normalized spacial score (nSPS) is 10.9. The molecular formula is C13H12Cl2N4O2. The van der Waals surface area contributed by atoms with Gasteiger partial charge < -0.3 is 0 Å². The number of nitrogens with zero attached hydrogens (tertiary/aromatic N) is 3. The average molecular weight is 327 g/mol. The quantitative estimate of drug-likeness (QED) is 0.532. The van der Waals surface area contributed by atoms with Crippen molar-refractivity contribution in [1.82, 2.24) is 9.78 Å². The Bertz CT molecular complexity index is 680. The van der Waals surface area contributed by atoms with Gasteiger partial charge in [-0.1, -0.05) is 28.4 Å². The highest BCUT2D eigenvalue weighted by molar-refractivity contribution is 6.32.